The summed E-state index contributed by atoms with van der Waals surface area (Å²) in [6, 6.07) is 3.10. The maximum absolute atomic E-state index is 13.9. The first-order valence-electron chi connectivity index (χ1n) is 5.89. The Morgan fingerprint density at radius 3 is 2.74 bits per heavy atom. The molecule has 0 aromatic heterocycles. The van der Waals surface area contributed by atoms with Gasteiger partial charge in [0, 0.05) is 25.2 Å². The summed E-state index contributed by atoms with van der Waals surface area (Å²) in [4.78, 5) is 13.8. The molecule has 1 amide bonds. The van der Waals surface area contributed by atoms with E-state index >= 15 is 0 Å². The minimum absolute atomic E-state index is 0.153. The van der Waals surface area contributed by atoms with Crippen molar-refractivity contribution >= 4 is 21.8 Å². The van der Waals surface area contributed by atoms with Crippen molar-refractivity contribution in [2.75, 3.05) is 27.3 Å². The number of nitrogens with zero attached hydrogens (tertiary/aromatic N) is 1. The molecule has 0 saturated carbocycles. The van der Waals surface area contributed by atoms with Gasteiger partial charge in [-0.05, 0) is 24.1 Å². The fourth-order valence-electron chi connectivity index (χ4n) is 2.18. The van der Waals surface area contributed by atoms with Gasteiger partial charge in [-0.1, -0.05) is 15.9 Å². The van der Waals surface area contributed by atoms with Crippen LogP contribution in [0.4, 0.5) is 4.39 Å². The number of ether oxygens (including phenoxy) is 2. The van der Waals surface area contributed by atoms with Crippen LogP contribution in [0.15, 0.2) is 16.6 Å². The number of methoxy groups -OCH3 is 2. The van der Waals surface area contributed by atoms with Crippen molar-refractivity contribution in [3.8, 4) is 0 Å². The predicted molar refractivity (Wildman–Crippen MR) is 71.5 cm³/mol. The Morgan fingerprint density at radius 1 is 1.42 bits per heavy atom. The summed E-state index contributed by atoms with van der Waals surface area (Å²) >= 11 is 3.23. The molecule has 0 saturated heterocycles. The summed E-state index contributed by atoms with van der Waals surface area (Å²) in [5, 5.41) is 0. The van der Waals surface area contributed by atoms with Gasteiger partial charge in [-0.15, -0.1) is 0 Å². The van der Waals surface area contributed by atoms with Crippen molar-refractivity contribution in [2.45, 2.75) is 12.7 Å². The van der Waals surface area contributed by atoms with Gasteiger partial charge < -0.3 is 14.4 Å². The molecule has 1 aliphatic heterocycles. The number of rotatable bonds is 4. The number of carbonyl (C=O) groups excluding carboxylic acids is 1. The zero-order valence-electron chi connectivity index (χ0n) is 10.8. The van der Waals surface area contributed by atoms with Crippen LogP contribution in [0.1, 0.15) is 15.9 Å². The highest BCUT2D eigenvalue weighted by Gasteiger charge is 2.29. The number of carbonyl (C=O) groups is 1. The summed E-state index contributed by atoms with van der Waals surface area (Å²) in [6.45, 7) is 0.825. The molecule has 0 radical (unpaired) electrons. The Morgan fingerprint density at radius 2 is 2.11 bits per heavy atom. The van der Waals surface area contributed by atoms with Crippen LogP contribution in [0, 0.1) is 5.82 Å². The van der Waals surface area contributed by atoms with Gasteiger partial charge in [0.2, 0.25) is 0 Å². The van der Waals surface area contributed by atoms with Gasteiger partial charge in [-0.2, -0.15) is 0 Å². The lowest BCUT2D eigenvalue weighted by Crippen LogP contribution is -2.43. The molecule has 4 nitrogen and oxygen atoms in total. The van der Waals surface area contributed by atoms with Crippen LogP contribution in [0.2, 0.25) is 0 Å². The average molecular weight is 332 g/mol. The molecule has 19 heavy (non-hydrogen) atoms. The van der Waals surface area contributed by atoms with Crippen molar-refractivity contribution < 1.29 is 18.7 Å². The van der Waals surface area contributed by atoms with Crippen LogP contribution < -0.4 is 0 Å². The third-order valence-electron chi connectivity index (χ3n) is 3.18. The fourth-order valence-corrected chi connectivity index (χ4v) is 2.66. The minimum Gasteiger partial charge on any atom is -0.354 e. The van der Waals surface area contributed by atoms with Crippen LogP contribution in [0.3, 0.4) is 0 Å². The third kappa shape index (κ3) is 2.96. The third-order valence-corrected chi connectivity index (χ3v) is 3.64. The Bertz CT molecular complexity index is 491. The molecule has 1 aromatic carbocycles. The topological polar surface area (TPSA) is 38.8 Å². The SMILES string of the molecule is COC(CN1CCc2cc(Br)cc(F)c2C1=O)OC. The van der Waals surface area contributed by atoms with Crippen LogP contribution >= 0.6 is 15.9 Å². The average Bonchev–Trinajstić information content (AvgIpc) is 2.37. The molecule has 6 heteroatoms. The first-order valence-corrected chi connectivity index (χ1v) is 6.69. The van der Waals surface area contributed by atoms with Crippen molar-refractivity contribution in [2.24, 2.45) is 0 Å². The second kappa shape index (κ2) is 5.98. The normalized spacial score (nSPS) is 15.0. The van der Waals surface area contributed by atoms with Crippen LogP contribution in [-0.2, 0) is 15.9 Å². The number of fused-ring (bicyclic) bond motifs is 1. The first kappa shape index (κ1) is 14.4. The summed E-state index contributed by atoms with van der Waals surface area (Å²) in [6.07, 6.45) is 0.126. The molecule has 104 valence electrons. The van der Waals surface area contributed by atoms with E-state index in [-0.39, 0.29) is 11.5 Å². The van der Waals surface area contributed by atoms with Gasteiger partial charge in [0.1, 0.15) is 5.82 Å². The second-order valence-corrected chi connectivity index (χ2v) is 5.24. The van der Waals surface area contributed by atoms with E-state index in [1.165, 1.54) is 20.3 Å². The van der Waals surface area contributed by atoms with Gasteiger partial charge >= 0.3 is 0 Å². The number of benzene rings is 1. The van der Waals surface area contributed by atoms with E-state index in [9.17, 15) is 9.18 Å². The molecule has 0 bridgehead atoms. The molecule has 1 aromatic rings. The van der Waals surface area contributed by atoms with Crippen molar-refractivity contribution in [3.63, 3.8) is 0 Å². The van der Waals surface area contributed by atoms with Gasteiger partial charge in [-0.3, -0.25) is 4.79 Å². The van der Waals surface area contributed by atoms with E-state index in [4.69, 9.17) is 9.47 Å². The van der Waals surface area contributed by atoms with Crippen LogP contribution in [-0.4, -0.2) is 44.4 Å². The molecule has 0 N–H and O–H groups in total. The van der Waals surface area contributed by atoms with E-state index in [0.717, 1.165) is 5.56 Å². The van der Waals surface area contributed by atoms with Gasteiger partial charge in [-0.25, -0.2) is 4.39 Å². The maximum atomic E-state index is 13.9. The Hall–Kier alpha value is -0.980. The first-order chi connectivity index (χ1) is 9.06. The molecule has 0 aliphatic carbocycles. The standard InChI is InChI=1S/C13H15BrFNO3/c1-18-11(19-2)7-16-4-3-8-5-9(14)6-10(15)12(8)13(16)17/h5-6,11H,3-4,7H2,1-2H3. The van der Waals surface area contributed by atoms with Gasteiger partial charge in [0.25, 0.3) is 5.91 Å². The van der Waals surface area contributed by atoms with Gasteiger partial charge in [0.05, 0.1) is 12.1 Å². The zero-order chi connectivity index (χ0) is 14.0. The molecular formula is C13H15BrFNO3. The van der Waals surface area contributed by atoms with E-state index < -0.39 is 12.1 Å². The molecular weight excluding hydrogens is 317 g/mol. The quantitative estimate of drug-likeness (QED) is 0.794. The summed E-state index contributed by atoms with van der Waals surface area (Å²) in [5.74, 6) is -0.809. The summed E-state index contributed by atoms with van der Waals surface area (Å²) < 4.78 is 24.7. The second-order valence-electron chi connectivity index (χ2n) is 4.32. The Kier molecular flexibility index (Phi) is 4.54. The Balaban J connectivity index is 2.24. The largest absolute Gasteiger partial charge is 0.354 e. The van der Waals surface area contributed by atoms with Crippen LogP contribution in [0.5, 0.6) is 0 Å². The number of hydrogen-bond acceptors (Lipinski definition) is 3. The lowest BCUT2D eigenvalue weighted by Gasteiger charge is -2.31. The monoisotopic (exact) mass is 331 g/mol. The molecule has 0 atom stereocenters. The number of hydrogen-bond donors (Lipinski definition) is 0. The lowest BCUT2D eigenvalue weighted by atomic mass is 9.98. The number of halogens is 2. The maximum Gasteiger partial charge on any atom is 0.257 e. The number of amides is 1. The van der Waals surface area contributed by atoms with Crippen molar-refractivity contribution in [3.05, 3.63) is 33.5 Å². The van der Waals surface area contributed by atoms with E-state index in [1.807, 2.05) is 0 Å². The van der Waals surface area contributed by atoms with E-state index in [2.05, 4.69) is 15.9 Å². The molecule has 2 rings (SSSR count). The molecule has 0 unspecified atom stereocenters. The minimum atomic E-state index is -0.496. The molecule has 0 fully saturated rings. The highest BCUT2D eigenvalue weighted by Crippen LogP contribution is 2.26. The summed E-state index contributed by atoms with van der Waals surface area (Å²) in [7, 11) is 3.02. The summed E-state index contributed by atoms with van der Waals surface area (Å²) in [5.41, 5.74) is 0.889. The molecule has 1 aliphatic rings. The lowest BCUT2D eigenvalue weighted by molar-refractivity contribution is -0.112. The molecule has 0 spiro atoms. The van der Waals surface area contributed by atoms with E-state index in [1.54, 1.807) is 11.0 Å². The zero-order valence-corrected chi connectivity index (χ0v) is 12.4. The molecule has 1 heterocycles. The highest BCUT2D eigenvalue weighted by atomic mass is 79.9. The van der Waals surface area contributed by atoms with Crippen LogP contribution in [0.25, 0.3) is 0 Å². The van der Waals surface area contributed by atoms with E-state index in [0.29, 0.717) is 24.0 Å². The smallest absolute Gasteiger partial charge is 0.257 e. The fraction of sp³-hybridized carbons (Fsp3) is 0.462. The predicted octanol–water partition coefficient (Wildman–Crippen LogP) is 2.21. The Labute approximate surface area is 119 Å². The highest BCUT2D eigenvalue weighted by molar-refractivity contribution is 9.10. The van der Waals surface area contributed by atoms with Gasteiger partial charge in [0.15, 0.2) is 6.29 Å². The van der Waals surface area contributed by atoms with Crippen molar-refractivity contribution in [1.82, 2.24) is 4.90 Å². The van der Waals surface area contributed by atoms with Crippen molar-refractivity contribution in [1.29, 1.82) is 0 Å².